The molecular formula is C22H20N4O2. The number of pyridine rings is 1. The number of carbonyl (C=O) groups excluding carboxylic acids is 1. The molecule has 1 aliphatic rings. The molecule has 0 saturated heterocycles. The minimum Gasteiger partial charge on any atom is -0.333 e. The lowest BCUT2D eigenvalue weighted by Gasteiger charge is -2.28. The van der Waals surface area contributed by atoms with Crippen molar-refractivity contribution in [3.63, 3.8) is 0 Å². The molecule has 0 N–H and O–H groups in total. The van der Waals surface area contributed by atoms with Crippen molar-refractivity contribution in [2.45, 2.75) is 19.9 Å². The van der Waals surface area contributed by atoms with Crippen molar-refractivity contribution in [2.24, 2.45) is 7.05 Å². The second kappa shape index (κ2) is 6.05. The molecule has 0 bridgehead atoms. The van der Waals surface area contributed by atoms with E-state index >= 15 is 0 Å². The van der Waals surface area contributed by atoms with Gasteiger partial charge in [0, 0.05) is 26.3 Å². The van der Waals surface area contributed by atoms with Gasteiger partial charge in [0.25, 0.3) is 11.5 Å². The highest BCUT2D eigenvalue weighted by atomic mass is 16.2. The summed E-state index contributed by atoms with van der Waals surface area (Å²) in [6.07, 6.45) is 2.62. The average Bonchev–Trinajstić information content (AvgIpc) is 3.04. The van der Waals surface area contributed by atoms with E-state index in [-0.39, 0.29) is 11.5 Å². The maximum absolute atomic E-state index is 13.2. The Morgan fingerprint density at radius 1 is 1.11 bits per heavy atom. The van der Waals surface area contributed by atoms with Crippen LogP contribution in [0.4, 0.5) is 0 Å². The first-order valence-corrected chi connectivity index (χ1v) is 9.37. The average molecular weight is 372 g/mol. The van der Waals surface area contributed by atoms with Gasteiger partial charge in [0.1, 0.15) is 17.0 Å². The zero-order valence-electron chi connectivity index (χ0n) is 15.8. The van der Waals surface area contributed by atoms with Crippen LogP contribution in [0.5, 0.6) is 0 Å². The summed E-state index contributed by atoms with van der Waals surface area (Å²) in [6, 6.07) is 13.7. The monoisotopic (exact) mass is 372 g/mol. The number of aromatic nitrogens is 3. The molecule has 6 heteroatoms. The summed E-state index contributed by atoms with van der Waals surface area (Å²) >= 11 is 0. The molecule has 0 unspecified atom stereocenters. The first-order chi connectivity index (χ1) is 13.5. The third kappa shape index (κ3) is 2.45. The Kier molecular flexibility index (Phi) is 3.62. The number of nitrogens with zero attached hydrogens (tertiary/aromatic N) is 4. The lowest BCUT2D eigenvalue weighted by Crippen LogP contribution is -2.36. The SMILES string of the molecule is Cc1ccc2nc3c(cc(C(=O)N4CCc5ccccc5C4)n3C)c(=O)n2c1. The molecule has 5 rings (SSSR count). The van der Waals surface area contributed by atoms with Gasteiger partial charge in [-0.25, -0.2) is 4.98 Å². The number of hydrogen-bond acceptors (Lipinski definition) is 3. The summed E-state index contributed by atoms with van der Waals surface area (Å²) in [5.41, 5.74) is 4.92. The number of carbonyl (C=O) groups is 1. The molecule has 3 aromatic heterocycles. The lowest BCUT2D eigenvalue weighted by molar-refractivity contribution is 0.0725. The van der Waals surface area contributed by atoms with Crippen LogP contribution in [0.15, 0.2) is 53.5 Å². The Hall–Kier alpha value is -3.41. The van der Waals surface area contributed by atoms with Gasteiger partial charge in [-0.3, -0.25) is 14.0 Å². The van der Waals surface area contributed by atoms with Gasteiger partial charge >= 0.3 is 0 Å². The predicted octanol–water partition coefficient (Wildman–Crippen LogP) is 2.69. The van der Waals surface area contributed by atoms with Crippen molar-refractivity contribution in [3.05, 3.63) is 81.4 Å². The van der Waals surface area contributed by atoms with E-state index in [1.54, 1.807) is 28.3 Å². The van der Waals surface area contributed by atoms with Crippen LogP contribution < -0.4 is 5.56 Å². The van der Waals surface area contributed by atoms with E-state index in [2.05, 4.69) is 17.1 Å². The van der Waals surface area contributed by atoms with E-state index in [0.29, 0.717) is 35.5 Å². The minimum absolute atomic E-state index is 0.0698. The Balaban J connectivity index is 1.60. The third-order valence-electron chi connectivity index (χ3n) is 5.58. The Morgan fingerprint density at radius 2 is 1.89 bits per heavy atom. The summed E-state index contributed by atoms with van der Waals surface area (Å²) in [6.45, 7) is 3.19. The zero-order valence-corrected chi connectivity index (χ0v) is 15.8. The van der Waals surface area contributed by atoms with Crippen molar-refractivity contribution >= 4 is 22.6 Å². The summed E-state index contributed by atoms with van der Waals surface area (Å²) in [7, 11) is 1.80. The fraction of sp³-hybridized carbons (Fsp3) is 0.227. The smallest absolute Gasteiger partial charge is 0.270 e. The standard InChI is InChI=1S/C22H20N4O2/c1-14-7-8-19-23-20-17(21(27)26(19)12-14)11-18(24(20)2)22(28)25-10-9-15-5-3-4-6-16(15)13-25/h3-8,11-12H,9-10,13H2,1-2H3. The first-order valence-electron chi connectivity index (χ1n) is 9.37. The highest BCUT2D eigenvalue weighted by Gasteiger charge is 2.25. The number of fused-ring (bicyclic) bond motifs is 3. The van der Waals surface area contributed by atoms with Gasteiger partial charge < -0.3 is 9.47 Å². The highest BCUT2D eigenvalue weighted by Crippen LogP contribution is 2.22. The van der Waals surface area contributed by atoms with E-state index in [1.165, 1.54) is 11.1 Å². The largest absolute Gasteiger partial charge is 0.333 e. The molecule has 0 atom stereocenters. The van der Waals surface area contributed by atoms with Crippen LogP contribution in [-0.4, -0.2) is 31.3 Å². The van der Waals surface area contributed by atoms with Crippen molar-refractivity contribution < 1.29 is 4.79 Å². The van der Waals surface area contributed by atoms with E-state index in [9.17, 15) is 9.59 Å². The van der Waals surface area contributed by atoms with Crippen molar-refractivity contribution in [3.8, 4) is 0 Å². The van der Waals surface area contributed by atoms with Crippen LogP contribution in [0, 0.1) is 6.92 Å². The maximum Gasteiger partial charge on any atom is 0.270 e. The van der Waals surface area contributed by atoms with Gasteiger partial charge in [-0.15, -0.1) is 0 Å². The van der Waals surface area contributed by atoms with Gasteiger partial charge in [-0.1, -0.05) is 30.3 Å². The van der Waals surface area contributed by atoms with Gasteiger partial charge in [-0.05, 0) is 42.2 Å². The summed E-state index contributed by atoms with van der Waals surface area (Å²) in [5.74, 6) is -0.0698. The van der Waals surface area contributed by atoms with E-state index in [4.69, 9.17) is 0 Å². The molecule has 0 fully saturated rings. The molecular weight excluding hydrogens is 352 g/mol. The zero-order chi connectivity index (χ0) is 19.4. The van der Waals surface area contributed by atoms with E-state index in [1.807, 2.05) is 36.1 Å². The Labute approximate surface area is 161 Å². The molecule has 0 radical (unpaired) electrons. The normalized spacial score (nSPS) is 13.9. The Bertz CT molecular complexity index is 1320. The quantitative estimate of drug-likeness (QED) is 0.516. The molecule has 4 aromatic rings. The number of rotatable bonds is 1. The van der Waals surface area contributed by atoms with Gasteiger partial charge in [0.05, 0.1) is 5.39 Å². The van der Waals surface area contributed by atoms with Crippen LogP contribution in [0.3, 0.4) is 0 Å². The van der Waals surface area contributed by atoms with E-state index in [0.717, 1.165) is 12.0 Å². The van der Waals surface area contributed by atoms with Crippen LogP contribution in [0.25, 0.3) is 16.7 Å². The van der Waals surface area contributed by atoms with Crippen LogP contribution in [-0.2, 0) is 20.0 Å². The molecule has 1 aliphatic heterocycles. The molecule has 1 amide bonds. The fourth-order valence-corrected chi connectivity index (χ4v) is 4.01. The lowest BCUT2D eigenvalue weighted by atomic mass is 10.00. The number of aryl methyl sites for hydroxylation is 2. The molecule has 6 nitrogen and oxygen atoms in total. The summed E-state index contributed by atoms with van der Waals surface area (Å²) < 4.78 is 3.28. The number of benzene rings is 1. The second-order valence-corrected chi connectivity index (χ2v) is 7.42. The highest BCUT2D eigenvalue weighted by molar-refractivity contribution is 5.98. The maximum atomic E-state index is 13.2. The fourth-order valence-electron chi connectivity index (χ4n) is 4.01. The topological polar surface area (TPSA) is 59.6 Å². The molecule has 140 valence electrons. The van der Waals surface area contributed by atoms with Crippen LogP contribution in [0.1, 0.15) is 27.2 Å². The number of amides is 1. The molecule has 28 heavy (non-hydrogen) atoms. The van der Waals surface area contributed by atoms with Crippen molar-refractivity contribution in [2.75, 3.05) is 6.54 Å². The second-order valence-electron chi connectivity index (χ2n) is 7.42. The predicted molar refractivity (Wildman–Crippen MR) is 108 cm³/mol. The molecule has 0 saturated carbocycles. The summed E-state index contributed by atoms with van der Waals surface area (Å²) in [4.78, 5) is 32.6. The molecule has 1 aromatic carbocycles. The summed E-state index contributed by atoms with van der Waals surface area (Å²) in [5, 5.41) is 0.464. The Morgan fingerprint density at radius 3 is 2.71 bits per heavy atom. The van der Waals surface area contributed by atoms with Gasteiger partial charge in [-0.2, -0.15) is 0 Å². The van der Waals surface area contributed by atoms with Gasteiger partial charge in [0.2, 0.25) is 0 Å². The molecule has 0 spiro atoms. The van der Waals surface area contributed by atoms with E-state index < -0.39 is 0 Å². The van der Waals surface area contributed by atoms with Gasteiger partial charge in [0.15, 0.2) is 0 Å². The third-order valence-corrected chi connectivity index (χ3v) is 5.58. The minimum atomic E-state index is -0.151. The number of hydrogen-bond donors (Lipinski definition) is 0. The van der Waals surface area contributed by atoms with Crippen LogP contribution >= 0.6 is 0 Å². The molecule has 4 heterocycles. The van der Waals surface area contributed by atoms with Crippen molar-refractivity contribution in [1.82, 2.24) is 18.9 Å². The van der Waals surface area contributed by atoms with Crippen molar-refractivity contribution in [1.29, 1.82) is 0 Å². The first kappa shape index (κ1) is 16.7. The van der Waals surface area contributed by atoms with Crippen LogP contribution in [0.2, 0.25) is 0 Å². The molecule has 0 aliphatic carbocycles.